The van der Waals surface area contributed by atoms with Crippen molar-refractivity contribution < 1.29 is 24.5 Å². The van der Waals surface area contributed by atoms with Crippen LogP contribution in [0.25, 0.3) is 0 Å². The van der Waals surface area contributed by atoms with Crippen LogP contribution in [0, 0.1) is 0 Å². The Morgan fingerprint density at radius 1 is 1.44 bits per heavy atom. The van der Waals surface area contributed by atoms with Crippen molar-refractivity contribution in [1.82, 2.24) is 0 Å². The first kappa shape index (κ1) is 13.9. The highest BCUT2D eigenvalue weighted by molar-refractivity contribution is 5.91. The summed E-state index contributed by atoms with van der Waals surface area (Å²) in [6, 6.07) is 2.45. The molecule has 0 aliphatic heterocycles. The predicted molar refractivity (Wildman–Crippen MR) is 66.0 cm³/mol. The van der Waals surface area contributed by atoms with Gasteiger partial charge >= 0.3 is 5.97 Å². The highest BCUT2D eigenvalue weighted by Gasteiger charge is 2.15. The quantitative estimate of drug-likeness (QED) is 0.461. The molecule has 0 heterocycles. The lowest BCUT2D eigenvalue weighted by Crippen LogP contribution is -2.06. The largest absolute Gasteiger partial charge is 0.504 e. The molecule has 0 aromatic heterocycles. The third-order valence-electron chi connectivity index (χ3n) is 2.08. The molecule has 1 aromatic rings. The van der Waals surface area contributed by atoms with Crippen molar-refractivity contribution >= 4 is 5.97 Å². The lowest BCUT2D eigenvalue weighted by molar-refractivity contribution is 0.0504. The Morgan fingerprint density at radius 3 is 2.78 bits per heavy atom. The highest BCUT2D eigenvalue weighted by atomic mass is 16.5. The summed E-state index contributed by atoms with van der Waals surface area (Å²) in [5.74, 6) is -1.40. The van der Waals surface area contributed by atoms with Crippen LogP contribution in [0.2, 0.25) is 0 Å². The maximum Gasteiger partial charge on any atom is 0.338 e. The van der Waals surface area contributed by atoms with Crippen LogP contribution in [-0.2, 0) is 4.74 Å². The van der Waals surface area contributed by atoms with Crippen molar-refractivity contribution in [3.8, 4) is 17.2 Å². The summed E-state index contributed by atoms with van der Waals surface area (Å²) < 4.78 is 10.1. The van der Waals surface area contributed by atoms with Crippen molar-refractivity contribution in [3.05, 3.63) is 30.4 Å². The molecule has 0 aliphatic rings. The zero-order chi connectivity index (χ0) is 13.5. The van der Waals surface area contributed by atoms with Crippen LogP contribution in [0.1, 0.15) is 23.7 Å². The van der Waals surface area contributed by atoms with E-state index in [1.165, 1.54) is 12.1 Å². The predicted octanol–water partition coefficient (Wildman–Crippen LogP) is 2.23. The number of aromatic hydroxyl groups is 2. The van der Waals surface area contributed by atoms with Gasteiger partial charge in [0.25, 0.3) is 0 Å². The van der Waals surface area contributed by atoms with Crippen LogP contribution < -0.4 is 4.74 Å². The number of hydrogen-bond acceptors (Lipinski definition) is 5. The Labute approximate surface area is 105 Å². The van der Waals surface area contributed by atoms with Gasteiger partial charge in [-0.25, -0.2) is 4.79 Å². The van der Waals surface area contributed by atoms with E-state index < -0.39 is 17.5 Å². The molecule has 0 fully saturated rings. The molecule has 5 nitrogen and oxygen atoms in total. The average molecular weight is 252 g/mol. The Balaban J connectivity index is 2.96. The molecule has 0 saturated heterocycles. The Bertz CT molecular complexity index is 439. The minimum absolute atomic E-state index is 0.0124. The molecule has 98 valence electrons. The molecular formula is C13H16O5. The summed E-state index contributed by atoms with van der Waals surface area (Å²) >= 11 is 0. The molecule has 0 spiro atoms. The third-order valence-corrected chi connectivity index (χ3v) is 2.08. The normalized spacial score (nSPS) is 9.83. The van der Waals surface area contributed by atoms with Gasteiger partial charge in [-0.2, -0.15) is 0 Å². The number of phenolic OH excluding ortho intramolecular Hbond substituents is 2. The van der Waals surface area contributed by atoms with Crippen molar-refractivity contribution in [2.24, 2.45) is 0 Å². The first-order valence-corrected chi connectivity index (χ1v) is 5.57. The lowest BCUT2D eigenvalue weighted by atomic mass is 10.2. The molecule has 0 amide bonds. The number of carbonyl (C=O) groups is 1. The summed E-state index contributed by atoms with van der Waals surface area (Å²) in [6.45, 7) is 5.79. The Kier molecular flexibility index (Phi) is 5.05. The smallest absolute Gasteiger partial charge is 0.338 e. The van der Waals surface area contributed by atoms with Crippen LogP contribution in [0.15, 0.2) is 24.8 Å². The van der Waals surface area contributed by atoms with Crippen molar-refractivity contribution in [2.75, 3.05) is 13.2 Å². The van der Waals surface area contributed by atoms with Crippen molar-refractivity contribution in [3.63, 3.8) is 0 Å². The molecule has 0 saturated carbocycles. The van der Waals surface area contributed by atoms with E-state index in [9.17, 15) is 15.0 Å². The lowest BCUT2D eigenvalue weighted by Gasteiger charge is -2.10. The monoisotopic (exact) mass is 252 g/mol. The highest BCUT2D eigenvalue weighted by Crippen LogP contribution is 2.36. The second kappa shape index (κ2) is 6.54. The minimum atomic E-state index is -0.574. The molecule has 0 bridgehead atoms. The van der Waals surface area contributed by atoms with E-state index in [4.69, 9.17) is 9.47 Å². The maximum atomic E-state index is 11.6. The molecule has 1 aromatic carbocycles. The van der Waals surface area contributed by atoms with Gasteiger partial charge in [0.05, 0.1) is 12.2 Å². The van der Waals surface area contributed by atoms with Gasteiger partial charge in [-0.1, -0.05) is 19.6 Å². The summed E-state index contributed by atoms with van der Waals surface area (Å²) in [7, 11) is 0. The van der Waals surface area contributed by atoms with E-state index in [-0.39, 0.29) is 17.9 Å². The number of carbonyl (C=O) groups excluding carboxylic acids is 1. The van der Waals surface area contributed by atoms with Gasteiger partial charge in [0, 0.05) is 0 Å². The van der Waals surface area contributed by atoms with Crippen LogP contribution in [0.5, 0.6) is 17.2 Å². The van der Waals surface area contributed by atoms with Gasteiger partial charge in [-0.3, -0.25) is 0 Å². The van der Waals surface area contributed by atoms with Crippen LogP contribution in [0.4, 0.5) is 0 Å². The standard InChI is InChI=1S/C13H16O5/c1-3-5-17-11-8-9(7-10(14)12(11)15)13(16)18-6-4-2/h3,7-8,14-15H,1,4-6H2,2H3. The van der Waals surface area contributed by atoms with Gasteiger partial charge in [0.2, 0.25) is 5.75 Å². The molecule has 0 radical (unpaired) electrons. The van der Waals surface area contributed by atoms with Crippen LogP contribution in [0.3, 0.4) is 0 Å². The summed E-state index contributed by atoms with van der Waals surface area (Å²) in [5.41, 5.74) is 0.123. The Morgan fingerprint density at radius 2 is 2.17 bits per heavy atom. The van der Waals surface area contributed by atoms with E-state index >= 15 is 0 Å². The van der Waals surface area contributed by atoms with Crippen LogP contribution in [-0.4, -0.2) is 29.4 Å². The zero-order valence-corrected chi connectivity index (χ0v) is 10.2. The van der Waals surface area contributed by atoms with Gasteiger partial charge in [-0.05, 0) is 18.6 Å². The maximum absolute atomic E-state index is 11.6. The topological polar surface area (TPSA) is 76.0 Å². The number of benzene rings is 1. The molecule has 0 aliphatic carbocycles. The molecular weight excluding hydrogens is 236 g/mol. The van der Waals surface area contributed by atoms with E-state index in [1.54, 1.807) is 0 Å². The molecule has 0 unspecified atom stereocenters. The van der Waals surface area contributed by atoms with E-state index in [0.29, 0.717) is 13.0 Å². The molecule has 5 heteroatoms. The molecule has 2 N–H and O–H groups in total. The fourth-order valence-corrected chi connectivity index (χ4v) is 1.25. The second-order valence-corrected chi connectivity index (χ2v) is 3.58. The second-order valence-electron chi connectivity index (χ2n) is 3.58. The van der Waals surface area contributed by atoms with Crippen molar-refractivity contribution in [1.29, 1.82) is 0 Å². The molecule has 0 atom stereocenters. The molecule has 1 rings (SSSR count). The minimum Gasteiger partial charge on any atom is -0.504 e. The molecule has 18 heavy (non-hydrogen) atoms. The first-order chi connectivity index (χ1) is 8.60. The fraction of sp³-hybridized carbons (Fsp3) is 0.308. The zero-order valence-electron chi connectivity index (χ0n) is 10.2. The van der Waals surface area contributed by atoms with Gasteiger partial charge < -0.3 is 19.7 Å². The average Bonchev–Trinajstić information content (AvgIpc) is 2.37. The third kappa shape index (κ3) is 3.41. The number of ether oxygens (including phenoxy) is 2. The Hall–Kier alpha value is -2.17. The summed E-state index contributed by atoms with van der Waals surface area (Å²) in [5, 5.41) is 19.0. The van der Waals surface area contributed by atoms with Crippen LogP contribution >= 0.6 is 0 Å². The fourth-order valence-electron chi connectivity index (χ4n) is 1.25. The van der Waals surface area contributed by atoms with E-state index in [1.807, 2.05) is 6.92 Å². The number of hydrogen-bond donors (Lipinski definition) is 2. The van der Waals surface area contributed by atoms with Gasteiger partial charge in [-0.15, -0.1) is 0 Å². The van der Waals surface area contributed by atoms with E-state index in [2.05, 4.69) is 6.58 Å². The first-order valence-electron chi connectivity index (χ1n) is 5.57. The van der Waals surface area contributed by atoms with Crippen molar-refractivity contribution in [2.45, 2.75) is 13.3 Å². The summed E-state index contributed by atoms with van der Waals surface area (Å²) in [4.78, 5) is 11.6. The van der Waals surface area contributed by atoms with E-state index in [0.717, 1.165) is 6.07 Å². The number of rotatable bonds is 6. The summed E-state index contributed by atoms with van der Waals surface area (Å²) in [6.07, 6.45) is 2.19. The number of phenols is 2. The van der Waals surface area contributed by atoms with Gasteiger partial charge in [0.1, 0.15) is 6.61 Å². The number of esters is 1. The SMILES string of the molecule is C=CCOc1cc(C(=O)OCCC)cc(O)c1O. The van der Waals surface area contributed by atoms with Gasteiger partial charge in [0.15, 0.2) is 11.5 Å².